The average molecular weight is 1030 g/mol. The lowest BCUT2D eigenvalue weighted by Crippen LogP contribution is -2.74. The van der Waals surface area contributed by atoms with E-state index in [2.05, 4.69) is 5.32 Å². The first-order chi connectivity index (χ1) is 30.9. The monoisotopic (exact) mass is 1030 g/mol. The molecule has 3 N–H and O–H groups in total. The van der Waals surface area contributed by atoms with E-state index >= 15 is 8.78 Å². The summed E-state index contributed by atoms with van der Waals surface area (Å²) in [5.41, 5.74) is 0.710. The van der Waals surface area contributed by atoms with Gasteiger partial charge in [-0.2, -0.15) is 74.6 Å². The number of hydrogen-bond acceptors (Lipinski definition) is 7. The molecule has 0 saturated heterocycles. The molecule has 0 heterocycles. The molecular formula is C41H49F17N2O7Si. The predicted molar refractivity (Wildman–Crippen MR) is 212 cm³/mol. The Balaban J connectivity index is 2.30. The Morgan fingerprint density at radius 2 is 1.15 bits per heavy atom. The Morgan fingerprint density at radius 1 is 0.676 bits per heavy atom. The van der Waals surface area contributed by atoms with E-state index in [-0.39, 0.29) is 11.3 Å². The van der Waals surface area contributed by atoms with Crippen LogP contribution in [0.5, 0.6) is 11.5 Å². The summed E-state index contributed by atoms with van der Waals surface area (Å²) in [7, 11) is -2.58. The van der Waals surface area contributed by atoms with Crippen LogP contribution in [0.1, 0.15) is 72.5 Å². The maximum atomic E-state index is 15.0. The van der Waals surface area contributed by atoms with Gasteiger partial charge >= 0.3 is 53.7 Å². The maximum absolute atomic E-state index is 15.0. The van der Waals surface area contributed by atoms with Crippen molar-refractivity contribution in [2.45, 2.75) is 132 Å². The molecule has 9 nitrogen and oxygen atoms in total. The highest BCUT2D eigenvalue weighted by Gasteiger charge is 2.95. The summed E-state index contributed by atoms with van der Waals surface area (Å²) >= 11 is 0. The van der Waals surface area contributed by atoms with Crippen LogP contribution in [0.15, 0.2) is 60.2 Å². The van der Waals surface area contributed by atoms with Crippen molar-refractivity contribution in [3.63, 3.8) is 0 Å². The van der Waals surface area contributed by atoms with Gasteiger partial charge in [-0.3, -0.25) is 15.3 Å². The Morgan fingerprint density at radius 3 is 1.60 bits per heavy atom. The van der Waals surface area contributed by atoms with Crippen molar-refractivity contribution in [1.29, 1.82) is 0 Å². The Hall–Kier alpha value is -4.53. The van der Waals surface area contributed by atoms with Gasteiger partial charge in [0.15, 0.2) is 8.32 Å². The lowest BCUT2D eigenvalue weighted by molar-refractivity contribution is -0.461. The van der Waals surface area contributed by atoms with E-state index in [1.807, 2.05) is 0 Å². The quantitative estimate of drug-likeness (QED) is 0.0227. The molecular weight excluding hydrogens is 984 g/mol. The first-order valence-corrected chi connectivity index (χ1v) is 22.4. The fourth-order valence-corrected chi connectivity index (χ4v) is 11.3. The minimum absolute atomic E-state index is 0.117. The second kappa shape index (κ2) is 22.0. The molecule has 0 unspecified atom stereocenters. The summed E-state index contributed by atoms with van der Waals surface area (Å²) in [6.07, 6.45) is -10.00. The molecule has 0 fully saturated rings. The molecule has 0 aromatic heterocycles. The third kappa shape index (κ3) is 12.2. The second-order valence-corrected chi connectivity index (χ2v) is 21.2. The molecule has 0 aliphatic rings. The van der Waals surface area contributed by atoms with Gasteiger partial charge in [0.2, 0.25) is 0 Å². The number of carbonyl (C=O) groups excluding carboxylic acids is 2. The van der Waals surface area contributed by atoms with Crippen LogP contribution in [0.4, 0.5) is 85.1 Å². The van der Waals surface area contributed by atoms with Crippen LogP contribution in [0.3, 0.4) is 0 Å². The van der Waals surface area contributed by atoms with E-state index in [1.54, 1.807) is 37.3 Å². The van der Waals surface area contributed by atoms with Gasteiger partial charge in [0.1, 0.15) is 24.2 Å². The first-order valence-electron chi connectivity index (χ1n) is 20.2. The molecule has 0 aliphatic heterocycles. The SMILES string of the molecule is COc1ccc(NC(=O)O[C@H](c2ccc(OCCO[Si](CCC(F)(F)C(F)(F)C(F)(F)C(F)(F)C(F)(F)C(F)(F)C(F)(F)C(F)(F)F)(C(C)C)C(C)C)cc2)[C@H](C)CC/C=C(\C)C(=O)NO)cc1. The Labute approximate surface area is 379 Å². The third-order valence-electron chi connectivity index (χ3n) is 11.1. The van der Waals surface area contributed by atoms with Gasteiger partial charge in [-0.25, -0.2) is 10.3 Å². The molecule has 2 rings (SSSR count). The number of rotatable bonds is 25. The van der Waals surface area contributed by atoms with Gasteiger partial charge in [-0.05, 0) is 84.8 Å². The number of halogens is 17. The number of benzene rings is 2. The number of carbonyl (C=O) groups is 2. The van der Waals surface area contributed by atoms with Gasteiger partial charge in [0.25, 0.3) is 5.91 Å². The van der Waals surface area contributed by atoms with Gasteiger partial charge in [-0.15, -0.1) is 0 Å². The number of hydrogen-bond donors (Lipinski definition) is 3. The van der Waals surface area contributed by atoms with E-state index in [4.69, 9.17) is 23.8 Å². The molecule has 0 aliphatic carbocycles. The molecule has 2 atom stereocenters. The van der Waals surface area contributed by atoms with Crippen LogP contribution in [0.25, 0.3) is 0 Å². The summed E-state index contributed by atoms with van der Waals surface area (Å²) in [5, 5.41) is 11.4. The molecule has 0 bridgehead atoms. The van der Waals surface area contributed by atoms with Crippen molar-refractivity contribution in [2.75, 3.05) is 25.6 Å². The van der Waals surface area contributed by atoms with E-state index in [9.17, 15) is 75.4 Å². The highest BCUT2D eigenvalue weighted by atomic mass is 28.4. The Bertz CT molecular complexity index is 1990. The number of nitrogens with one attached hydrogen (secondary N) is 2. The zero-order chi connectivity index (χ0) is 52.7. The molecule has 388 valence electrons. The van der Waals surface area contributed by atoms with Crippen LogP contribution < -0.4 is 20.3 Å². The fourth-order valence-electron chi connectivity index (χ4n) is 6.84. The third-order valence-corrected chi connectivity index (χ3v) is 16.8. The molecule has 0 saturated carbocycles. The van der Waals surface area contributed by atoms with E-state index in [0.29, 0.717) is 29.8 Å². The molecule has 0 spiro atoms. The number of hydroxylamine groups is 1. The number of alkyl halides is 17. The number of amides is 2. The summed E-state index contributed by atoms with van der Waals surface area (Å²) in [4.78, 5) is 24.7. The summed E-state index contributed by atoms with van der Waals surface area (Å²) < 4.78 is 259. The molecule has 27 heteroatoms. The van der Waals surface area contributed by atoms with Gasteiger partial charge < -0.3 is 18.6 Å². The lowest BCUT2D eigenvalue weighted by atomic mass is 9.88. The van der Waals surface area contributed by atoms with Crippen molar-refractivity contribution in [3.05, 3.63) is 65.7 Å². The lowest BCUT2D eigenvalue weighted by Gasteiger charge is -2.44. The normalized spacial score (nSPS) is 15.0. The zero-order valence-corrected chi connectivity index (χ0v) is 38.1. The van der Waals surface area contributed by atoms with E-state index in [0.717, 1.165) is 0 Å². The molecule has 2 aromatic rings. The molecule has 2 amide bonds. The standard InChI is InChI=1S/C41H49F17N2O7Si/c1-23(2)68(24(3)4,22-19-34(42,43)35(44,45)36(46,47)37(48,49)38(50,51)39(52,53)40(54,55)41(56,57)58)66-21-20-65-30-15-11-27(12-16-30)31(25(5)9-8-10-26(6)32(61)60-63)67-33(62)59-28-13-17-29(64-7)18-14-28/h10-18,23-25,31,63H,8-9,19-22H2,1-7H3,(H,59,62)(H,60,61)/b26-10+/t25-,31+/m1/s1. The van der Waals surface area contributed by atoms with Crippen molar-refractivity contribution in [3.8, 4) is 11.5 Å². The number of ether oxygens (including phenoxy) is 3. The number of anilines is 1. The van der Waals surface area contributed by atoms with Crippen molar-refractivity contribution >= 4 is 26.0 Å². The summed E-state index contributed by atoms with van der Waals surface area (Å²) in [5.74, 6) is -57.4. The highest BCUT2D eigenvalue weighted by Crippen LogP contribution is 2.64. The zero-order valence-electron chi connectivity index (χ0n) is 37.1. The predicted octanol–water partition coefficient (Wildman–Crippen LogP) is 13.4. The molecule has 2 aromatic carbocycles. The van der Waals surface area contributed by atoms with E-state index in [1.165, 1.54) is 71.5 Å². The average Bonchev–Trinajstić information content (AvgIpc) is 3.24. The van der Waals surface area contributed by atoms with Crippen molar-refractivity contribution < 1.29 is 108 Å². The number of methoxy groups -OCH3 is 1. The largest absolute Gasteiger partial charge is 0.497 e. The van der Waals surface area contributed by atoms with Crippen LogP contribution >= 0.6 is 0 Å². The van der Waals surface area contributed by atoms with Crippen molar-refractivity contribution in [2.24, 2.45) is 5.92 Å². The van der Waals surface area contributed by atoms with Crippen LogP contribution in [0.2, 0.25) is 17.1 Å². The summed E-state index contributed by atoms with van der Waals surface area (Å²) in [6, 6.07) is 10.7. The van der Waals surface area contributed by atoms with Crippen molar-refractivity contribution in [1.82, 2.24) is 5.48 Å². The second-order valence-electron chi connectivity index (χ2n) is 16.2. The van der Waals surface area contributed by atoms with Gasteiger partial charge in [-0.1, -0.05) is 52.8 Å². The highest BCUT2D eigenvalue weighted by molar-refractivity contribution is 6.76. The smallest absolute Gasteiger partial charge is 0.460 e. The fraction of sp³-hybridized carbons (Fsp3) is 0.610. The van der Waals surface area contributed by atoms with E-state index < -0.39 is 117 Å². The van der Waals surface area contributed by atoms with Crippen LogP contribution in [-0.4, -0.2) is 93.5 Å². The molecule has 68 heavy (non-hydrogen) atoms. The Kier molecular flexibility index (Phi) is 19.3. The topological polar surface area (TPSA) is 115 Å². The minimum atomic E-state index is -8.71. The maximum Gasteiger partial charge on any atom is 0.460 e. The van der Waals surface area contributed by atoms with Gasteiger partial charge in [0.05, 0.1) is 13.7 Å². The first kappa shape index (κ1) is 59.6. The minimum Gasteiger partial charge on any atom is -0.497 e. The van der Waals surface area contributed by atoms with Crippen LogP contribution in [-0.2, 0) is 14.0 Å². The van der Waals surface area contributed by atoms with Crippen LogP contribution in [0, 0.1) is 5.92 Å². The molecule has 0 radical (unpaired) electrons. The number of allylic oxidation sites excluding steroid dienone is 1. The summed E-state index contributed by atoms with van der Waals surface area (Å²) in [6.45, 7) is 7.49. The van der Waals surface area contributed by atoms with Gasteiger partial charge in [0, 0.05) is 17.7 Å².